The van der Waals surface area contributed by atoms with Crippen molar-refractivity contribution in [2.75, 3.05) is 13.2 Å². The number of allylic oxidation sites excluding steroid dienone is 20. The Labute approximate surface area is 424 Å². The third-order valence-corrected chi connectivity index (χ3v) is 11.5. The van der Waals surface area contributed by atoms with Crippen molar-refractivity contribution in [3.8, 4) is 0 Å². The van der Waals surface area contributed by atoms with Crippen molar-refractivity contribution in [2.45, 2.75) is 245 Å². The van der Waals surface area contributed by atoms with Crippen LogP contribution in [0, 0.1) is 0 Å². The molecule has 0 amide bonds. The molecule has 0 bridgehead atoms. The number of rotatable bonds is 49. The summed E-state index contributed by atoms with van der Waals surface area (Å²) in [6, 6.07) is 0. The lowest BCUT2D eigenvalue weighted by molar-refractivity contribution is -0.167. The lowest BCUT2D eigenvalue weighted by Gasteiger charge is -2.18. The van der Waals surface area contributed by atoms with Gasteiger partial charge in [-0.15, -0.1) is 0 Å². The quantitative estimate of drug-likeness (QED) is 0.0262. The molecule has 0 aromatic heterocycles. The lowest BCUT2D eigenvalue weighted by atomic mass is 10.1. The minimum Gasteiger partial charge on any atom is -0.462 e. The highest BCUT2D eigenvalue weighted by Gasteiger charge is 2.19. The number of ether oxygens (including phenoxy) is 3. The van der Waals surface area contributed by atoms with E-state index in [0.717, 1.165) is 148 Å². The second-order valence-electron chi connectivity index (χ2n) is 18.1. The zero-order valence-corrected chi connectivity index (χ0v) is 44.5. The highest BCUT2D eigenvalue weighted by atomic mass is 16.6. The van der Waals surface area contributed by atoms with Crippen LogP contribution in [-0.4, -0.2) is 37.2 Å². The topological polar surface area (TPSA) is 78.9 Å². The molecule has 0 aliphatic carbocycles. The van der Waals surface area contributed by atoms with Crippen LogP contribution in [0.15, 0.2) is 122 Å². The molecule has 0 heterocycles. The van der Waals surface area contributed by atoms with Crippen molar-refractivity contribution >= 4 is 17.9 Å². The van der Waals surface area contributed by atoms with Crippen LogP contribution in [0.3, 0.4) is 0 Å². The largest absolute Gasteiger partial charge is 0.462 e. The number of hydrogen-bond acceptors (Lipinski definition) is 6. The maximum atomic E-state index is 12.8. The third-order valence-electron chi connectivity index (χ3n) is 11.5. The molecule has 69 heavy (non-hydrogen) atoms. The van der Waals surface area contributed by atoms with E-state index >= 15 is 0 Å². The van der Waals surface area contributed by atoms with E-state index in [4.69, 9.17) is 14.2 Å². The van der Waals surface area contributed by atoms with Crippen LogP contribution in [0.2, 0.25) is 0 Å². The molecule has 0 aromatic carbocycles. The summed E-state index contributed by atoms with van der Waals surface area (Å²) in [5.74, 6) is -0.939. The van der Waals surface area contributed by atoms with Crippen molar-refractivity contribution in [1.82, 2.24) is 0 Å². The van der Waals surface area contributed by atoms with Gasteiger partial charge < -0.3 is 14.2 Å². The van der Waals surface area contributed by atoms with E-state index in [1.165, 1.54) is 51.4 Å². The number of esters is 3. The van der Waals surface area contributed by atoms with Crippen LogP contribution in [-0.2, 0) is 28.6 Å². The molecule has 0 fully saturated rings. The van der Waals surface area contributed by atoms with E-state index in [0.29, 0.717) is 19.3 Å². The molecule has 0 spiro atoms. The van der Waals surface area contributed by atoms with Crippen molar-refractivity contribution in [3.63, 3.8) is 0 Å². The van der Waals surface area contributed by atoms with E-state index in [1.807, 2.05) is 0 Å². The molecule has 6 nitrogen and oxygen atoms in total. The van der Waals surface area contributed by atoms with Crippen molar-refractivity contribution in [3.05, 3.63) is 122 Å². The first-order valence-corrected chi connectivity index (χ1v) is 28.0. The van der Waals surface area contributed by atoms with Gasteiger partial charge in [0.2, 0.25) is 0 Å². The minimum atomic E-state index is -0.791. The highest BCUT2D eigenvalue weighted by Crippen LogP contribution is 2.14. The van der Waals surface area contributed by atoms with Crippen LogP contribution in [0.5, 0.6) is 0 Å². The van der Waals surface area contributed by atoms with Gasteiger partial charge in [0.25, 0.3) is 0 Å². The molecule has 0 N–H and O–H groups in total. The molecule has 1 unspecified atom stereocenters. The van der Waals surface area contributed by atoms with Crippen LogP contribution in [0.1, 0.15) is 239 Å². The Balaban J connectivity index is 4.13. The first-order valence-electron chi connectivity index (χ1n) is 28.0. The van der Waals surface area contributed by atoms with Gasteiger partial charge in [-0.3, -0.25) is 14.4 Å². The number of carbonyl (C=O) groups is 3. The fourth-order valence-electron chi connectivity index (χ4n) is 7.32. The van der Waals surface area contributed by atoms with Crippen LogP contribution < -0.4 is 0 Å². The van der Waals surface area contributed by atoms with Crippen LogP contribution in [0.4, 0.5) is 0 Å². The zero-order valence-electron chi connectivity index (χ0n) is 44.5. The molecular formula is C63H102O6. The fourth-order valence-corrected chi connectivity index (χ4v) is 7.32. The van der Waals surface area contributed by atoms with Gasteiger partial charge >= 0.3 is 17.9 Å². The van der Waals surface area contributed by atoms with Crippen molar-refractivity contribution in [1.29, 1.82) is 0 Å². The first kappa shape index (κ1) is 64.8. The molecule has 390 valence electrons. The predicted molar refractivity (Wildman–Crippen MR) is 297 cm³/mol. The second kappa shape index (κ2) is 56.4. The molecular weight excluding hydrogens is 853 g/mol. The summed E-state index contributed by atoms with van der Waals surface area (Å²) in [4.78, 5) is 37.8. The van der Waals surface area contributed by atoms with E-state index in [2.05, 4.69) is 142 Å². The molecule has 0 aromatic rings. The maximum Gasteiger partial charge on any atom is 0.306 e. The Morgan fingerprint density at radius 1 is 0.304 bits per heavy atom. The molecule has 0 saturated heterocycles. The molecule has 0 radical (unpaired) electrons. The molecule has 0 saturated carbocycles. The van der Waals surface area contributed by atoms with E-state index in [1.54, 1.807) is 0 Å². The minimum absolute atomic E-state index is 0.0921. The molecule has 0 rings (SSSR count). The average Bonchev–Trinajstić information content (AvgIpc) is 3.35. The monoisotopic (exact) mass is 955 g/mol. The third kappa shape index (κ3) is 54.6. The number of hydrogen-bond donors (Lipinski definition) is 0. The first-order chi connectivity index (χ1) is 34.0. The smallest absolute Gasteiger partial charge is 0.306 e. The summed E-state index contributed by atoms with van der Waals surface area (Å²) in [6.45, 7) is 6.29. The summed E-state index contributed by atoms with van der Waals surface area (Å²) >= 11 is 0. The SMILES string of the molecule is CC/C=C\C/C=C\C/C=C\C/C=C\C/C=C\C/C=C\CCCCCCCCCCCCC(=O)OCC(COC(=O)CCCCCCC)OC(=O)CCCCCC/C=C\C/C=C\C/C=C\C/C=C\CC. The van der Waals surface area contributed by atoms with Crippen LogP contribution >= 0.6 is 0 Å². The lowest BCUT2D eigenvalue weighted by Crippen LogP contribution is -2.30. The normalized spacial score (nSPS) is 13.0. The van der Waals surface area contributed by atoms with Gasteiger partial charge in [-0.25, -0.2) is 0 Å². The maximum absolute atomic E-state index is 12.8. The Hall–Kier alpha value is -4.19. The molecule has 1 atom stereocenters. The molecule has 0 aliphatic heterocycles. The fraction of sp³-hybridized carbons (Fsp3) is 0.635. The Kier molecular flexibility index (Phi) is 53.0. The summed E-state index contributed by atoms with van der Waals surface area (Å²) in [7, 11) is 0. The highest BCUT2D eigenvalue weighted by molar-refractivity contribution is 5.71. The summed E-state index contributed by atoms with van der Waals surface area (Å²) < 4.78 is 16.7. The van der Waals surface area contributed by atoms with Gasteiger partial charge in [0, 0.05) is 19.3 Å². The van der Waals surface area contributed by atoms with Crippen LogP contribution in [0.25, 0.3) is 0 Å². The van der Waals surface area contributed by atoms with Crippen molar-refractivity contribution in [2.24, 2.45) is 0 Å². The summed E-state index contributed by atoms with van der Waals surface area (Å²) in [5, 5.41) is 0. The Morgan fingerprint density at radius 2 is 0.565 bits per heavy atom. The van der Waals surface area contributed by atoms with Gasteiger partial charge in [-0.2, -0.15) is 0 Å². The van der Waals surface area contributed by atoms with Gasteiger partial charge in [0.05, 0.1) is 0 Å². The zero-order chi connectivity index (χ0) is 50.0. The molecule has 6 heteroatoms. The summed E-state index contributed by atoms with van der Waals surface area (Å²) in [6.07, 6.45) is 78.0. The van der Waals surface area contributed by atoms with E-state index in [9.17, 15) is 14.4 Å². The predicted octanol–water partition coefficient (Wildman–Crippen LogP) is 18.9. The Morgan fingerprint density at radius 3 is 0.884 bits per heavy atom. The van der Waals surface area contributed by atoms with Gasteiger partial charge in [-0.1, -0.05) is 232 Å². The Bertz CT molecular complexity index is 1470. The standard InChI is InChI=1S/C63H102O6/c1-4-7-10-13-15-17-19-21-23-25-26-27-28-29-30-31-32-33-34-35-36-38-39-41-43-45-47-50-53-56-62(65)68-59-60(58-67-61(64)55-52-49-12-9-6-3)69-63(66)57-54-51-48-46-44-42-40-37-24-22-20-18-16-14-11-8-5-2/h7-8,10-11,15-18,21-24,26-27,29-30,32-33,40,42,60H,4-6,9,12-14,19-20,25,28,31,34-39,41,43-59H2,1-3H3/b10-7-,11-8-,17-15-,18-16-,23-21-,24-22-,27-26-,30-29-,33-32-,42-40-. The van der Waals surface area contributed by atoms with Crippen molar-refractivity contribution < 1.29 is 28.6 Å². The number of unbranched alkanes of at least 4 members (excludes halogenated alkanes) is 18. The van der Waals surface area contributed by atoms with E-state index in [-0.39, 0.29) is 31.1 Å². The average molecular weight is 956 g/mol. The molecule has 0 aliphatic rings. The van der Waals surface area contributed by atoms with Gasteiger partial charge in [-0.05, 0) is 109 Å². The van der Waals surface area contributed by atoms with Gasteiger partial charge in [0.15, 0.2) is 6.10 Å². The van der Waals surface area contributed by atoms with Gasteiger partial charge in [0.1, 0.15) is 13.2 Å². The summed E-state index contributed by atoms with van der Waals surface area (Å²) in [5.41, 5.74) is 0. The number of carbonyl (C=O) groups excluding carboxylic acids is 3. The second-order valence-corrected chi connectivity index (χ2v) is 18.1. The van der Waals surface area contributed by atoms with E-state index < -0.39 is 6.10 Å².